The number of nitrogens with one attached hydrogen (secondary N) is 1. The smallest absolute Gasteiger partial charge is 0.269 e. The Morgan fingerprint density at radius 1 is 1.24 bits per heavy atom. The van der Waals surface area contributed by atoms with Crippen LogP contribution >= 0.6 is 0 Å². The molecule has 3 N–H and O–H groups in total. The molecule has 0 aliphatic carbocycles. The Labute approximate surface area is 120 Å². The molecule has 0 saturated heterocycles. The maximum Gasteiger partial charge on any atom is 0.269 e. The van der Waals surface area contributed by atoms with Crippen LogP contribution in [0.4, 0.5) is 15.8 Å². The van der Waals surface area contributed by atoms with Crippen molar-refractivity contribution < 1.29 is 18.7 Å². The summed E-state index contributed by atoms with van der Waals surface area (Å²) in [4.78, 5) is 12.1. The number of nitrogen functional groups attached to an aromatic ring is 1. The number of nitrogens with two attached hydrogens (primary N) is 1. The van der Waals surface area contributed by atoms with Gasteiger partial charge in [-0.05, 0) is 30.3 Å². The highest BCUT2D eigenvalue weighted by molar-refractivity contribution is 5.95. The summed E-state index contributed by atoms with van der Waals surface area (Å²) in [5.41, 5.74) is 5.95. The van der Waals surface area contributed by atoms with Gasteiger partial charge in [-0.25, -0.2) is 4.39 Å². The summed E-state index contributed by atoms with van der Waals surface area (Å²) < 4.78 is 24.6. The van der Waals surface area contributed by atoms with Gasteiger partial charge < -0.3 is 20.5 Å². The van der Waals surface area contributed by atoms with Gasteiger partial charge in [0, 0.05) is 5.69 Å². The van der Waals surface area contributed by atoms with E-state index in [1.165, 1.54) is 18.2 Å². The van der Waals surface area contributed by atoms with Crippen LogP contribution in [0, 0.1) is 5.82 Å². The predicted octanol–water partition coefficient (Wildman–Crippen LogP) is 2.19. The van der Waals surface area contributed by atoms with Crippen molar-refractivity contribution in [2.45, 2.75) is 6.10 Å². The van der Waals surface area contributed by atoms with E-state index in [0.717, 1.165) is 0 Å². The van der Waals surface area contributed by atoms with Crippen LogP contribution in [0.3, 0.4) is 0 Å². The molecule has 2 aromatic carbocycles. The third kappa shape index (κ3) is 2.74. The molecule has 2 aromatic rings. The number of hydrogen-bond donors (Lipinski definition) is 2. The Bertz CT molecular complexity index is 690. The lowest BCUT2D eigenvalue weighted by atomic mass is 10.2. The van der Waals surface area contributed by atoms with Crippen LogP contribution in [0.2, 0.25) is 0 Å². The molecule has 0 fully saturated rings. The predicted molar refractivity (Wildman–Crippen MR) is 75.8 cm³/mol. The molecule has 0 aromatic heterocycles. The van der Waals surface area contributed by atoms with Crippen molar-refractivity contribution in [1.82, 2.24) is 0 Å². The van der Waals surface area contributed by atoms with Gasteiger partial charge in [0.15, 0.2) is 11.5 Å². The molecule has 1 heterocycles. The second kappa shape index (κ2) is 5.32. The molecule has 0 bridgehead atoms. The number of fused-ring (bicyclic) bond motifs is 1. The molecule has 21 heavy (non-hydrogen) atoms. The van der Waals surface area contributed by atoms with E-state index < -0.39 is 17.8 Å². The average Bonchev–Trinajstić information content (AvgIpc) is 2.50. The fraction of sp³-hybridized carbons (Fsp3) is 0.133. The number of para-hydroxylation sites is 2. The van der Waals surface area contributed by atoms with Crippen molar-refractivity contribution in [3.05, 3.63) is 48.3 Å². The minimum atomic E-state index is -0.847. The Kier molecular flexibility index (Phi) is 3.35. The van der Waals surface area contributed by atoms with Gasteiger partial charge in [-0.15, -0.1) is 0 Å². The van der Waals surface area contributed by atoms with E-state index in [-0.39, 0.29) is 12.3 Å². The van der Waals surface area contributed by atoms with Crippen molar-refractivity contribution in [2.24, 2.45) is 0 Å². The summed E-state index contributed by atoms with van der Waals surface area (Å²) in [7, 11) is 0. The Balaban J connectivity index is 1.74. The van der Waals surface area contributed by atoms with E-state index in [2.05, 4.69) is 5.32 Å². The van der Waals surface area contributed by atoms with E-state index in [4.69, 9.17) is 15.2 Å². The minimum Gasteiger partial charge on any atom is -0.485 e. The zero-order valence-electron chi connectivity index (χ0n) is 11.0. The highest BCUT2D eigenvalue weighted by Gasteiger charge is 2.27. The van der Waals surface area contributed by atoms with Crippen molar-refractivity contribution in [2.75, 3.05) is 17.7 Å². The van der Waals surface area contributed by atoms with E-state index in [1.807, 2.05) is 6.07 Å². The van der Waals surface area contributed by atoms with Gasteiger partial charge in [0.25, 0.3) is 5.91 Å². The Morgan fingerprint density at radius 2 is 2.00 bits per heavy atom. The molecule has 1 atom stereocenters. The van der Waals surface area contributed by atoms with Gasteiger partial charge in [-0.3, -0.25) is 4.79 Å². The molecule has 1 aliphatic rings. The lowest BCUT2D eigenvalue weighted by Gasteiger charge is -2.25. The van der Waals surface area contributed by atoms with Gasteiger partial charge in [0.1, 0.15) is 12.4 Å². The fourth-order valence-corrected chi connectivity index (χ4v) is 2.00. The maximum atomic E-state index is 13.6. The fourth-order valence-electron chi connectivity index (χ4n) is 2.00. The number of benzene rings is 2. The molecule has 1 amide bonds. The van der Waals surface area contributed by atoms with Crippen LogP contribution in [-0.2, 0) is 4.79 Å². The van der Waals surface area contributed by atoms with Crippen molar-refractivity contribution in [3.8, 4) is 11.5 Å². The number of carbonyl (C=O) groups is 1. The molecular formula is C15H13FN2O3. The molecule has 1 unspecified atom stereocenters. The lowest BCUT2D eigenvalue weighted by molar-refractivity contribution is -0.125. The molecule has 0 saturated carbocycles. The quantitative estimate of drug-likeness (QED) is 0.831. The van der Waals surface area contributed by atoms with Crippen molar-refractivity contribution in [3.63, 3.8) is 0 Å². The molecule has 5 nitrogen and oxygen atoms in total. The number of rotatable bonds is 2. The average molecular weight is 288 g/mol. The van der Waals surface area contributed by atoms with Gasteiger partial charge in [0.2, 0.25) is 6.10 Å². The second-order valence-electron chi connectivity index (χ2n) is 4.59. The van der Waals surface area contributed by atoms with Crippen LogP contribution in [0.15, 0.2) is 42.5 Å². The molecule has 0 spiro atoms. The van der Waals surface area contributed by atoms with E-state index in [0.29, 0.717) is 17.2 Å². The maximum absolute atomic E-state index is 13.6. The molecule has 3 rings (SSSR count). The SMILES string of the molecule is Nc1ccc(F)c(NC(=O)C2COc3ccccc3O2)c1. The summed E-state index contributed by atoms with van der Waals surface area (Å²) in [6.07, 6.45) is -0.847. The van der Waals surface area contributed by atoms with Gasteiger partial charge in [-0.1, -0.05) is 12.1 Å². The number of amides is 1. The zero-order chi connectivity index (χ0) is 14.8. The number of carbonyl (C=O) groups excluding carboxylic acids is 1. The van der Waals surface area contributed by atoms with Crippen LogP contribution < -0.4 is 20.5 Å². The van der Waals surface area contributed by atoms with Crippen LogP contribution in [-0.4, -0.2) is 18.6 Å². The summed E-state index contributed by atoms with van der Waals surface area (Å²) >= 11 is 0. The van der Waals surface area contributed by atoms with E-state index in [9.17, 15) is 9.18 Å². The third-order valence-corrected chi connectivity index (χ3v) is 3.05. The third-order valence-electron chi connectivity index (χ3n) is 3.05. The number of ether oxygens (including phenoxy) is 2. The van der Waals surface area contributed by atoms with Crippen molar-refractivity contribution >= 4 is 17.3 Å². The largest absolute Gasteiger partial charge is 0.485 e. The van der Waals surface area contributed by atoms with Crippen LogP contribution in [0.1, 0.15) is 0 Å². The van der Waals surface area contributed by atoms with Crippen LogP contribution in [0.25, 0.3) is 0 Å². The van der Waals surface area contributed by atoms with Gasteiger partial charge >= 0.3 is 0 Å². The number of hydrogen-bond acceptors (Lipinski definition) is 4. The van der Waals surface area contributed by atoms with E-state index in [1.54, 1.807) is 18.2 Å². The molecule has 6 heteroatoms. The summed E-state index contributed by atoms with van der Waals surface area (Å²) in [6, 6.07) is 11.0. The summed E-state index contributed by atoms with van der Waals surface area (Å²) in [5, 5.41) is 2.45. The normalized spacial score (nSPS) is 16.3. The number of anilines is 2. The molecule has 0 radical (unpaired) electrons. The monoisotopic (exact) mass is 288 g/mol. The summed E-state index contributed by atoms with van der Waals surface area (Å²) in [5.74, 6) is 0.0114. The standard InChI is InChI=1S/C15H13FN2O3/c16-10-6-5-9(17)7-11(10)18-15(19)14-8-20-12-3-1-2-4-13(12)21-14/h1-7,14H,8,17H2,(H,18,19). The van der Waals surface area contributed by atoms with Gasteiger partial charge in [-0.2, -0.15) is 0 Å². The minimum absolute atomic E-state index is 0.0162. The first-order chi connectivity index (χ1) is 10.1. The van der Waals surface area contributed by atoms with Crippen LogP contribution in [0.5, 0.6) is 11.5 Å². The molecule has 108 valence electrons. The first kappa shape index (κ1) is 13.2. The Morgan fingerprint density at radius 3 is 2.81 bits per heavy atom. The lowest BCUT2D eigenvalue weighted by Crippen LogP contribution is -2.40. The Hall–Kier alpha value is -2.76. The molecule has 1 aliphatic heterocycles. The summed E-state index contributed by atoms with van der Waals surface area (Å²) in [6.45, 7) is 0.0623. The number of halogens is 1. The highest BCUT2D eigenvalue weighted by atomic mass is 19.1. The van der Waals surface area contributed by atoms with Crippen molar-refractivity contribution in [1.29, 1.82) is 0 Å². The second-order valence-corrected chi connectivity index (χ2v) is 4.59. The highest BCUT2D eigenvalue weighted by Crippen LogP contribution is 2.31. The molecular weight excluding hydrogens is 275 g/mol. The van der Waals surface area contributed by atoms with E-state index >= 15 is 0 Å². The van der Waals surface area contributed by atoms with Gasteiger partial charge in [0.05, 0.1) is 5.69 Å². The first-order valence-electron chi connectivity index (χ1n) is 6.38. The zero-order valence-corrected chi connectivity index (χ0v) is 11.0. The topological polar surface area (TPSA) is 73.6 Å². The first-order valence-corrected chi connectivity index (χ1v) is 6.38.